The van der Waals surface area contributed by atoms with Crippen molar-refractivity contribution in [2.45, 2.75) is 13.8 Å². The van der Waals surface area contributed by atoms with E-state index in [0.717, 1.165) is 44.6 Å². The molecule has 13 heteroatoms. The minimum atomic E-state index is 0. The van der Waals surface area contributed by atoms with Crippen molar-refractivity contribution in [2.75, 3.05) is 27.8 Å². The summed E-state index contributed by atoms with van der Waals surface area (Å²) in [6.07, 6.45) is 0. The van der Waals surface area contributed by atoms with Crippen LogP contribution in [-0.4, -0.2) is 24.9 Å². The van der Waals surface area contributed by atoms with Crippen LogP contribution in [0, 0.1) is 13.8 Å². The Balaban J connectivity index is 0.00000152. The predicted molar refractivity (Wildman–Crippen MR) is 154 cm³/mol. The fraction of sp³-hybridized carbons (Fsp3) is 0.0870. The van der Waals surface area contributed by atoms with Crippen LogP contribution in [0.15, 0.2) is 48.5 Å². The lowest BCUT2D eigenvalue weighted by Gasteiger charge is -2.11. The highest BCUT2D eigenvalue weighted by atomic mass is 35.5. The van der Waals surface area contributed by atoms with E-state index in [-0.39, 0.29) is 43.2 Å². The van der Waals surface area contributed by atoms with E-state index in [2.05, 4.69) is 35.6 Å². The zero-order valence-electron chi connectivity index (χ0n) is 19.3. The molecule has 0 amide bonds. The van der Waals surface area contributed by atoms with Gasteiger partial charge in [0.25, 0.3) is 0 Å². The SMILES string of the molecule is Cc1cc(N)c2cc(Nc3nc(N)nc(Nc4ccc5nc(C)cc(N)c5c4)n3)ccc2n1.Cl.Cl.Cl. The molecule has 2 aromatic carbocycles. The highest BCUT2D eigenvalue weighted by molar-refractivity contribution is 5.94. The molecule has 0 fully saturated rings. The third kappa shape index (κ3) is 5.85. The summed E-state index contributed by atoms with van der Waals surface area (Å²) >= 11 is 0. The second-order valence-electron chi connectivity index (χ2n) is 7.76. The standard InChI is InChI=1S/C23H22N10.3ClH/c1-11-7-17(24)15-9-13(3-5-19(15)27-11)29-22-31-21(26)32-23(33-22)30-14-4-6-20-16(10-14)18(25)8-12(2)28-20;;;/h3-10H,1-2H3,(H2,24,27)(H2,25,28)(H4,26,29,30,31,32,33);3*1H. The molecule has 0 spiro atoms. The molecule has 0 bridgehead atoms. The maximum absolute atomic E-state index is 6.16. The van der Waals surface area contributed by atoms with Crippen LogP contribution in [0.25, 0.3) is 21.8 Å². The molecule has 0 aliphatic heterocycles. The Morgan fingerprint density at radius 2 is 0.972 bits per heavy atom. The number of nitrogen functional groups attached to an aromatic ring is 3. The first-order valence-corrected chi connectivity index (χ1v) is 10.2. The second kappa shape index (κ2) is 11.3. The van der Waals surface area contributed by atoms with Crippen LogP contribution in [0.2, 0.25) is 0 Å². The zero-order valence-corrected chi connectivity index (χ0v) is 21.8. The number of anilines is 7. The molecule has 0 unspecified atom stereocenters. The number of benzene rings is 2. The van der Waals surface area contributed by atoms with Crippen molar-refractivity contribution < 1.29 is 0 Å². The van der Waals surface area contributed by atoms with Gasteiger partial charge in [0, 0.05) is 44.9 Å². The van der Waals surface area contributed by atoms with Crippen LogP contribution >= 0.6 is 37.2 Å². The van der Waals surface area contributed by atoms with Gasteiger partial charge in [-0.1, -0.05) is 0 Å². The van der Waals surface area contributed by atoms with Crippen molar-refractivity contribution in [3.8, 4) is 0 Å². The van der Waals surface area contributed by atoms with Gasteiger partial charge in [-0.2, -0.15) is 15.0 Å². The van der Waals surface area contributed by atoms with E-state index < -0.39 is 0 Å². The number of nitrogens with zero attached hydrogens (tertiary/aromatic N) is 5. The summed E-state index contributed by atoms with van der Waals surface area (Å²) in [7, 11) is 0. The van der Waals surface area contributed by atoms with E-state index in [1.54, 1.807) is 0 Å². The van der Waals surface area contributed by atoms with Crippen molar-refractivity contribution in [2.24, 2.45) is 0 Å². The van der Waals surface area contributed by atoms with Crippen molar-refractivity contribution in [1.29, 1.82) is 0 Å². The number of hydrogen-bond donors (Lipinski definition) is 5. The molecule has 0 saturated heterocycles. The monoisotopic (exact) mass is 546 g/mol. The molecular formula is C23H25Cl3N10. The van der Waals surface area contributed by atoms with Crippen molar-refractivity contribution in [3.05, 3.63) is 59.9 Å². The quantitative estimate of drug-likeness (QED) is 0.204. The number of hydrogen-bond acceptors (Lipinski definition) is 10. The first-order valence-electron chi connectivity index (χ1n) is 10.2. The Labute approximate surface area is 225 Å². The lowest BCUT2D eigenvalue weighted by molar-refractivity contribution is 1.07. The molecule has 0 saturated carbocycles. The molecule has 5 rings (SSSR count). The summed E-state index contributed by atoms with van der Waals surface area (Å²) in [5, 5.41) is 7.98. The molecule has 3 aromatic heterocycles. The topological polar surface area (TPSA) is 167 Å². The Morgan fingerprint density at radius 1 is 0.556 bits per heavy atom. The fourth-order valence-electron chi connectivity index (χ4n) is 3.70. The highest BCUT2D eigenvalue weighted by Crippen LogP contribution is 2.27. The van der Waals surface area contributed by atoms with E-state index in [1.165, 1.54) is 0 Å². The molecule has 0 atom stereocenters. The van der Waals surface area contributed by atoms with Gasteiger partial charge in [0.2, 0.25) is 17.8 Å². The van der Waals surface area contributed by atoms with Gasteiger partial charge in [-0.25, -0.2) is 0 Å². The molecule has 0 aliphatic carbocycles. The maximum Gasteiger partial charge on any atom is 0.233 e. The minimum absolute atomic E-state index is 0. The van der Waals surface area contributed by atoms with E-state index >= 15 is 0 Å². The normalized spacial score (nSPS) is 10.2. The van der Waals surface area contributed by atoms with E-state index in [4.69, 9.17) is 17.2 Å². The minimum Gasteiger partial charge on any atom is -0.398 e. The third-order valence-corrected chi connectivity index (χ3v) is 5.10. The Hall–Kier alpha value is -3.86. The lowest BCUT2D eigenvalue weighted by atomic mass is 10.1. The number of pyridine rings is 2. The number of nitrogens with one attached hydrogen (secondary N) is 2. The van der Waals surface area contributed by atoms with Crippen molar-refractivity contribution >= 4 is 99.6 Å². The van der Waals surface area contributed by atoms with Gasteiger partial charge in [0.15, 0.2) is 0 Å². The number of fused-ring (bicyclic) bond motifs is 2. The number of rotatable bonds is 4. The molecule has 5 aromatic rings. The van der Waals surface area contributed by atoms with Gasteiger partial charge < -0.3 is 27.8 Å². The van der Waals surface area contributed by atoms with Gasteiger partial charge >= 0.3 is 0 Å². The summed E-state index contributed by atoms with van der Waals surface area (Å²) in [6, 6.07) is 15.0. The predicted octanol–water partition coefficient (Wildman–Crippen LogP) is 5.08. The van der Waals surface area contributed by atoms with E-state index in [9.17, 15) is 0 Å². The van der Waals surface area contributed by atoms with Gasteiger partial charge in [0.05, 0.1) is 11.0 Å². The Bertz CT molecular complexity index is 1430. The number of aromatic nitrogens is 5. The summed E-state index contributed by atoms with van der Waals surface area (Å²) in [6.45, 7) is 3.82. The van der Waals surface area contributed by atoms with Crippen LogP contribution in [-0.2, 0) is 0 Å². The second-order valence-corrected chi connectivity index (χ2v) is 7.76. The lowest BCUT2D eigenvalue weighted by Crippen LogP contribution is -2.07. The van der Waals surface area contributed by atoms with Gasteiger partial charge in [-0.3, -0.25) is 9.97 Å². The van der Waals surface area contributed by atoms with Gasteiger partial charge in [0.1, 0.15) is 0 Å². The van der Waals surface area contributed by atoms with Crippen molar-refractivity contribution in [1.82, 2.24) is 24.9 Å². The number of nitrogens with two attached hydrogens (primary N) is 3. The first kappa shape index (κ1) is 28.4. The first-order chi connectivity index (χ1) is 15.8. The fourth-order valence-corrected chi connectivity index (χ4v) is 3.70. The van der Waals surface area contributed by atoms with E-state index in [0.29, 0.717) is 23.3 Å². The maximum atomic E-state index is 6.16. The molecular weight excluding hydrogens is 523 g/mol. The molecule has 0 radical (unpaired) electrons. The largest absolute Gasteiger partial charge is 0.398 e. The molecule has 0 aliphatic rings. The molecule has 188 valence electrons. The molecule has 36 heavy (non-hydrogen) atoms. The smallest absolute Gasteiger partial charge is 0.233 e. The Kier molecular flexibility index (Phi) is 8.87. The summed E-state index contributed by atoms with van der Waals surface area (Å²) in [4.78, 5) is 21.8. The summed E-state index contributed by atoms with van der Waals surface area (Å²) < 4.78 is 0. The van der Waals surface area contributed by atoms with Crippen LogP contribution in [0.4, 0.5) is 40.6 Å². The van der Waals surface area contributed by atoms with Gasteiger partial charge in [-0.05, 0) is 62.4 Å². The van der Waals surface area contributed by atoms with Gasteiger partial charge in [-0.15, -0.1) is 37.2 Å². The highest BCUT2D eigenvalue weighted by Gasteiger charge is 2.09. The summed E-state index contributed by atoms with van der Waals surface area (Å²) in [5.41, 5.74) is 24.4. The molecule has 10 nitrogen and oxygen atoms in total. The number of halogens is 3. The summed E-state index contributed by atoms with van der Waals surface area (Å²) in [5.74, 6) is 0.659. The van der Waals surface area contributed by atoms with Crippen LogP contribution < -0.4 is 27.8 Å². The zero-order chi connectivity index (χ0) is 23.1. The van der Waals surface area contributed by atoms with Crippen molar-refractivity contribution in [3.63, 3.8) is 0 Å². The Morgan fingerprint density at radius 3 is 1.39 bits per heavy atom. The van der Waals surface area contributed by atoms with Crippen LogP contribution in [0.3, 0.4) is 0 Å². The molecule has 3 heterocycles. The van der Waals surface area contributed by atoms with Crippen LogP contribution in [0.1, 0.15) is 11.4 Å². The third-order valence-electron chi connectivity index (χ3n) is 5.10. The average Bonchev–Trinajstić information content (AvgIpc) is 2.74. The van der Waals surface area contributed by atoms with Crippen LogP contribution in [0.5, 0.6) is 0 Å². The molecule has 8 N–H and O–H groups in total. The average molecular weight is 548 g/mol. The van der Waals surface area contributed by atoms with E-state index in [1.807, 2.05) is 62.4 Å². The number of aryl methyl sites for hydroxylation is 2.